The van der Waals surface area contributed by atoms with Crippen LogP contribution in [0.15, 0.2) is 0 Å². The van der Waals surface area contributed by atoms with Crippen molar-refractivity contribution in [1.82, 2.24) is 0 Å². The van der Waals surface area contributed by atoms with Gasteiger partial charge in [-0.05, 0) is 12.2 Å². The molecule has 120 valence electrons. The standard InChI is InChI=1S/C17H34O2S/c1-4-5-6-7-8-9-10-11-12-13-14-20-16(2)15-17(18)19-3/h16H,4-15H2,1-3H3. The van der Waals surface area contributed by atoms with Crippen molar-refractivity contribution in [1.29, 1.82) is 0 Å². The van der Waals surface area contributed by atoms with Crippen LogP contribution in [0.2, 0.25) is 0 Å². The van der Waals surface area contributed by atoms with Gasteiger partial charge < -0.3 is 4.74 Å². The van der Waals surface area contributed by atoms with Crippen molar-refractivity contribution in [3.05, 3.63) is 0 Å². The summed E-state index contributed by atoms with van der Waals surface area (Å²) in [6, 6.07) is 0. The summed E-state index contributed by atoms with van der Waals surface area (Å²) in [5.74, 6) is 1.09. The van der Waals surface area contributed by atoms with E-state index >= 15 is 0 Å². The Morgan fingerprint density at radius 2 is 1.45 bits per heavy atom. The molecule has 3 heteroatoms. The van der Waals surface area contributed by atoms with E-state index in [1.165, 1.54) is 77.1 Å². The Morgan fingerprint density at radius 3 is 1.95 bits per heavy atom. The third-order valence-corrected chi connectivity index (χ3v) is 4.84. The van der Waals surface area contributed by atoms with Gasteiger partial charge in [-0.3, -0.25) is 4.79 Å². The molecule has 0 spiro atoms. The van der Waals surface area contributed by atoms with Crippen molar-refractivity contribution >= 4 is 17.7 Å². The Bertz CT molecular complexity index is 219. The highest BCUT2D eigenvalue weighted by molar-refractivity contribution is 7.99. The first-order chi connectivity index (χ1) is 9.70. The number of ether oxygens (including phenoxy) is 1. The van der Waals surface area contributed by atoms with Crippen LogP contribution in [-0.2, 0) is 9.53 Å². The van der Waals surface area contributed by atoms with Gasteiger partial charge in [0, 0.05) is 5.25 Å². The van der Waals surface area contributed by atoms with E-state index in [1.54, 1.807) is 0 Å². The highest BCUT2D eigenvalue weighted by Crippen LogP contribution is 2.17. The van der Waals surface area contributed by atoms with Crippen molar-refractivity contribution < 1.29 is 9.53 Å². The molecule has 0 aromatic rings. The number of hydrogen-bond acceptors (Lipinski definition) is 3. The van der Waals surface area contributed by atoms with Crippen LogP contribution < -0.4 is 0 Å². The van der Waals surface area contributed by atoms with Crippen LogP contribution in [0, 0.1) is 0 Å². The summed E-state index contributed by atoms with van der Waals surface area (Å²) in [5.41, 5.74) is 0. The molecule has 1 unspecified atom stereocenters. The average molecular weight is 303 g/mol. The quantitative estimate of drug-likeness (QED) is 0.309. The molecule has 0 heterocycles. The molecule has 0 bridgehead atoms. The molecule has 20 heavy (non-hydrogen) atoms. The minimum absolute atomic E-state index is 0.0897. The third-order valence-electron chi connectivity index (χ3n) is 3.58. The molecule has 1 atom stereocenters. The second kappa shape index (κ2) is 15.2. The highest BCUT2D eigenvalue weighted by Gasteiger charge is 2.08. The summed E-state index contributed by atoms with van der Waals surface area (Å²) in [6.07, 6.45) is 14.4. The van der Waals surface area contributed by atoms with Gasteiger partial charge >= 0.3 is 5.97 Å². The summed E-state index contributed by atoms with van der Waals surface area (Å²) in [4.78, 5) is 11.1. The first kappa shape index (κ1) is 19.8. The van der Waals surface area contributed by atoms with E-state index in [0.717, 1.165) is 0 Å². The van der Waals surface area contributed by atoms with Gasteiger partial charge in [0.2, 0.25) is 0 Å². The molecular weight excluding hydrogens is 268 g/mol. The predicted octanol–water partition coefficient (Wildman–Crippen LogP) is 5.59. The lowest BCUT2D eigenvalue weighted by Gasteiger charge is -2.09. The second-order valence-electron chi connectivity index (χ2n) is 5.64. The fourth-order valence-electron chi connectivity index (χ4n) is 2.25. The van der Waals surface area contributed by atoms with Gasteiger partial charge in [-0.25, -0.2) is 0 Å². The molecule has 0 aliphatic carbocycles. The second-order valence-corrected chi connectivity index (χ2v) is 7.19. The molecule has 2 nitrogen and oxygen atoms in total. The monoisotopic (exact) mass is 302 g/mol. The average Bonchev–Trinajstić information content (AvgIpc) is 2.44. The number of thioether (sulfide) groups is 1. The van der Waals surface area contributed by atoms with Gasteiger partial charge in [0.05, 0.1) is 13.5 Å². The number of methoxy groups -OCH3 is 1. The first-order valence-corrected chi connectivity index (χ1v) is 9.44. The zero-order chi connectivity index (χ0) is 15.1. The number of rotatable bonds is 14. The van der Waals surface area contributed by atoms with Crippen LogP contribution in [0.4, 0.5) is 0 Å². The van der Waals surface area contributed by atoms with E-state index in [1.807, 2.05) is 11.8 Å². The van der Waals surface area contributed by atoms with E-state index in [-0.39, 0.29) is 5.97 Å². The van der Waals surface area contributed by atoms with Gasteiger partial charge in [0.25, 0.3) is 0 Å². The summed E-state index contributed by atoms with van der Waals surface area (Å²) >= 11 is 1.90. The first-order valence-electron chi connectivity index (χ1n) is 8.39. The zero-order valence-electron chi connectivity index (χ0n) is 13.8. The maximum Gasteiger partial charge on any atom is 0.306 e. The summed E-state index contributed by atoms with van der Waals surface area (Å²) in [7, 11) is 1.46. The van der Waals surface area contributed by atoms with Crippen molar-refractivity contribution in [3.63, 3.8) is 0 Å². The number of esters is 1. The van der Waals surface area contributed by atoms with Crippen LogP contribution in [0.25, 0.3) is 0 Å². The Balaban J connectivity index is 3.14. The maximum absolute atomic E-state index is 11.1. The molecule has 0 aliphatic heterocycles. The van der Waals surface area contributed by atoms with E-state index < -0.39 is 0 Å². The number of carbonyl (C=O) groups is 1. The van der Waals surface area contributed by atoms with Crippen LogP contribution in [-0.4, -0.2) is 24.1 Å². The molecule has 0 rings (SSSR count). The van der Waals surface area contributed by atoms with Crippen LogP contribution in [0.5, 0.6) is 0 Å². The van der Waals surface area contributed by atoms with Crippen molar-refractivity contribution in [3.8, 4) is 0 Å². The van der Waals surface area contributed by atoms with E-state index in [4.69, 9.17) is 0 Å². The molecule has 0 fully saturated rings. The molecule has 0 saturated heterocycles. The Labute approximate surface area is 130 Å². The van der Waals surface area contributed by atoms with Crippen LogP contribution in [0.1, 0.15) is 84.5 Å². The predicted molar refractivity (Wildman–Crippen MR) is 90.4 cm³/mol. The van der Waals surface area contributed by atoms with E-state index in [2.05, 4.69) is 18.6 Å². The topological polar surface area (TPSA) is 26.3 Å². The van der Waals surface area contributed by atoms with Gasteiger partial charge in [-0.15, -0.1) is 0 Å². The van der Waals surface area contributed by atoms with Gasteiger partial charge in [0.15, 0.2) is 0 Å². The molecule has 0 aliphatic rings. The van der Waals surface area contributed by atoms with Gasteiger partial charge in [-0.2, -0.15) is 11.8 Å². The molecule has 0 N–H and O–H groups in total. The van der Waals surface area contributed by atoms with Crippen LogP contribution in [0.3, 0.4) is 0 Å². The van der Waals surface area contributed by atoms with Crippen molar-refractivity contribution in [2.24, 2.45) is 0 Å². The van der Waals surface area contributed by atoms with E-state index in [9.17, 15) is 4.79 Å². The van der Waals surface area contributed by atoms with Gasteiger partial charge in [0.1, 0.15) is 0 Å². The van der Waals surface area contributed by atoms with Crippen molar-refractivity contribution in [2.75, 3.05) is 12.9 Å². The Hall–Kier alpha value is -0.180. The SMILES string of the molecule is CCCCCCCCCCCCSC(C)CC(=O)OC. The number of unbranched alkanes of at least 4 members (excludes halogenated alkanes) is 9. The molecule has 0 amide bonds. The summed E-state index contributed by atoms with van der Waals surface area (Å²) < 4.78 is 4.68. The normalized spacial score (nSPS) is 12.3. The number of hydrogen-bond donors (Lipinski definition) is 0. The van der Waals surface area contributed by atoms with E-state index in [0.29, 0.717) is 11.7 Å². The minimum atomic E-state index is -0.0897. The molecule has 0 saturated carbocycles. The summed E-state index contributed by atoms with van der Waals surface area (Å²) in [5, 5.41) is 0.390. The highest BCUT2D eigenvalue weighted by atomic mass is 32.2. The molecule has 0 aromatic heterocycles. The number of carbonyl (C=O) groups excluding carboxylic acids is 1. The molecule has 0 radical (unpaired) electrons. The Kier molecular flexibility index (Phi) is 15.1. The van der Waals surface area contributed by atoms with Crippen LogP contribution >= 0.6 is 11.8 Å². The summed E-state index contributed by atoms with van der Waals surface area (Å²) in [6.45, 7) is 4.38. The van der Waals surface area contributed by atoms with Crippen molar-refractivity contribution in [2.45, 2.75) is 89.7 Å². The lowest BCUT2D eigenvalue weighted by Crippen LogP contribution is -2.09. The van der Waals surface area contributed by atoms with Gasteiger partial charge in [-0.1, -0.05) is 71.6 Å². The largest absolute Gasteiger partial charge is 0.469 e. The zero-order valence-corrected chi connectivity index (χ0v) is 14.6. The minimum Gasteiger partial charge on any atom is -0.469 e. The fourth-order valence-corrected chi connectivity index (χ4v) is 3.28. The lowest BCUT2D eigenvalue weighted by atomic mass is 10.1. The molecule has 0 aromatic carbocycles. The lowest BCUT2D eigenvalue weighted by molar-refractivity contribution is -0.140. The maximum atomic E-state index is 11.1. The fraction of sp³-hybridized carbons (Fsp3) is 0.941. The smallest absolute Gasteiger partial charge is 0.306 e. The molecular formula is C17H34O2S. The third kappa shape index (κ3) is 14.2. The Morgan fingerprint density at radius 1 is 0.950 bits per heavy atom.